The van der Waals surface area contributed by atoms with Crippen LogP contribution in [0.1, 0.15) is 18.9 Å². The number of benzene rings is 1. The summed E-state index contributed by atoms with van der Waals surface area (Å²) in [4.78, 5) is 22.5. The lowest BCUT2D eigenvalue weighted by Gasteiger charge is -2.14. The Morgan fingerprint density at radius 1 is 1.38 bits per heavy atom. The lowest BCUT2D eigenvalue weighted by atomic mass is 10.1. The number of para-hydroxylation sites is 1. The number of rotatable bonds is 6. The highest BCUT2D eigenvalue weighted by Gasteiger charge is 2.23. The molecule has 3 N–H and O–H groups in total. The van der Waals surface area contributed by atoms with Crippen LogP contribution in [-0.2, 0) is 11.2 Å². The molecule has 2 atom stereocenters. The van der Waals surface area contributed by atoms with E-state index < -0.39 is 11.9 Å². The van der Waals surface area contributed by atoms with Gasteiger partial charge in [-0.15, -0.1) is 0 Å². The third kappa shape index (κ3) is 4.11. The molecule has 6 heteroatoms. The quantitative estimate of drug-likeness (QED) is 0.739. The number of carbonyl (C=O) groups excluding carboxylic acids is 1. The number of carboxylic acid groups (broad SMARTS) is 1. The summed E-state index contributed by atoms with van der Waals surface area (Å²) in [5.41, 5.74) is 1.14. The van der Waals surface area contributed by atoms with Crippen molar-refractivity contribution < 1.29 is 19.4 Å². The van der Waals surface area contributed by atoms with Gasteiger partial charge < -0.3 is 20.5 Å². The molecule has 0 radical (unpaired) electrons. The molecule has 1 heterocycles. The molecule has 6 nitrogen and oxygen atoms in total. The predicted molar refractivity (Wildman–Crippen MR) is 77.4 cm³/mol. The van der Waals surface area contributed by atoms with E-state index in [0.717, 1.165) is 17.7 Å². The van der Waals surface area contributed by atoms with E-state index in [0.29, 0.717) is 13.0 Å². The van der Waals surface area contributed by atoms with Crippen molar-refractivity contribution in [3.63, 3.8) is 0 Å². The van der Waals surface area contributed by atoms with E-state index in [9.17, 15) is 9.59 Å². The number of urea groups is 1. The summed E-state index contributed by atoms with van der Waals surface area (Å²) in [6, 6.07) is 7.43. The minimum absolute atomic E-state index is 0.0744. The Hall–Kier alpha value is -2.24. The van der Waals surface area contributed by atoms with Gasteiger partial charge in [0.2, 0.25) is 0 Å². The molecule has 0 saturated carbocycles. The highest BCUT2D eigenvalue weighted by molar-refractivity contribution is 5.75. The van der Waals surface area contributed by atoms with E-state index in [-0.39, 0.29) is 18.7 Å². The van der Waals surface area contributed by atoms with E-state index in [4.69, 9.17) is 9.84 Å². The number of carbonyl (C=O) groups is 2. The fourth-order valence-corrected chi connectivity index (χ4v) is 2.26. The van der Waals surface area contributed by atoms with Gasteiger partial charge in [0.05, 0.1) is 12.5 Å². The molecule has 0 spiro atoms. The molecule has 2 unspecified atom stereocenters. The highest BCUT2D eigenvalue weighted by atomic mass is 16.5. The van der Waals surface area contributed by atoms with Crippen molar-refractivity contribution in [3.8, 4) is 5.75 Å². The third-order valence-corrected chi connectivity index (χ3v) is 3.56. The maximum Gasteiger partial charge on any atom is 0.314 e. The molecule has 1 aliphatic heterocycles. The van der Waals surface area contributed by atoms with Crippen LogP contribution in [0.2, 0.25) is 0 Å². The second kappa shape index (κ2) is 6.97. The first-order valence-corrected chi connectivity index (χ1v) is 7.09. The molecule has 0 fully saturated rings. The Kier molecular flexibility index (Phi) is 5.03. The molecule has 0 bridgehead atoms. The summed E-state index contributed by atoms with van der Waals surface area (Å²) in [7, 11) is 0. The average Bonchev–Trinajstić information content (AvgIpc) is 2.88. The zero-order valence-electron chi connectivity index (χ0n) is 12.0. The van der Waals surface area contributed by atoms with Gasteiger partial charge in [0, 0.05) is 13.0 Å². The summed E-state index contributed by atoms with van der Waals surface area (Å²) >= 11 is 0. The number of nitrogens with one attached hydrogen (secondary N) is 2. The fraction of sp³-hybridized carbons (Fsp3) is 0.467. The zero-order valence-corrected chi connectivity index (χ0v) is 12.0. The number of carboxylic acids is 1. The summed E-state index contributed by atoms with van der Waals surface area (Å²) in [5.74, 6) is -0.586. The molecule has 114 valence electrons. The molecule has 2 rings (SSSR count). The second-order valence-electron chi connectivity index (χ2n) is 5.09. The van der Waals surface area contributed by atoms with Crippen molar-refractivity contribution in [2.24, 2.45) is 5.92 Å². The van der Waals surface area contributed by atoms with E-state index >= 15 is 0 Å². The molecule has 0 saturated heterocycles. The Labute approximate surface area is 123 Å². The van der Waals surface area contributed by atoms with Gasteiger partial charge in [-0.3, -0.25) is 4.79 Å². The van der Waals surface area contributed by atoms with Gasteiger partial charge in [-0.05, 0) is 18.1 Å². The van der Waals surface area contributed by atoms with Crippen LogP contribution in [0.15, 0.2) is 24.3 Å². The molecule has 0 aliphatic carbocycles. The fourth-order valence-electron chi connectivity index (χ4n) is 2.26. The van der Waals surface area contributed by atoms with Gasteiger partial charge in [0.25, 0.3) is 0 Å². The zero-order chi connectivity index (χ0) is 15.2. The molecule has 1 aromatic rings. The first kappa shape index (κ1) is 15.2. The van der Waals surface area contributed by atoms with Gasteiger partial charge in [0.1, 0.15) is 11.9 Å². The molecular formula is C15H20N2O4. The first-order chi connectivity index (χ1) is 10.1. The normalized spacial score (nSPS) is 17.5. The largest absolute Gasteiger partial charge is 0.488 e. The standard InChI is InChI=1S/C15H20N2O4/c1-2-10(14(18)19)8-16-15(20)17-9-12-7-11-5-3-4-6-13(11)21-12/h3-6,10,12H,2,7-9H2,1H3,(H,18,19)(H2,16,17,20). The molecule has 2 amide bonds. The third-order valence-electron chi connectivity index (χ3n) is 3.56. The minimum Gasteiger partial charge on any atom is -0.488 e. The summed E-state index contributed by atoms with van der Waals surface area (Å²) in [5, 5.41) is 14.2. The molecule has 21 heavy (non-hydrogen) atoms. The molecule has 1 aromatic carbocycles. The van der Waals surface area contributed by atoms with E-state index in [2.05, 4.69) is 10.6 Å². The number of ether oxygens (including phenoxy) is 1. The number of fused-ring (bicyclic) bond motifs is 1. The maximum absolute atomic E-state index is 11.6. The Balaban J connectivity index is 1.70. The van der Waals surface area contributed by atoms with Crippen molar-refractivity contribution >= 4 is 12.0 Å². The molecule has 1 aliphatic rings. The van der Waals surface area contributed by atoms with Crippen LogP contribution in [0.25, 0.3) is 0 Å². The van der Waals surface area contributed by atoms with Crippen LogP contribution in [-0.4, -0.2) is 36.3 Å². The van der Waals surface area contributed by atoms with Crippen LogP contribution in [0, 0.1) is 5.92 Å². The number of amides is 2. The van der Waals surface area contributed by atoms with Crippen molar-refractivity contribution in [1.29, 1.82) is 0 Å². The van der Waals surface area contributed by atoms with E-state index in [1.54, 1.807) is 6.92 Å². The summed E-state index contributed by atoms with van der Waals surface area (Å²) in [6.45, 7) is 2.30. The molecular weight excluding hydrogens is 272 g/mol. The van der Waals surface area contributed by atoms with Gasteiger partial charge in [-0.2, -0.15) is 0 Å². The highest BCUT2D eigenvalue weighted by Crippen LogP contribution is 2.27. The topological polar surface area (TPSA) is 87.7 Å². The van der Waals surface area contributed by atoms with Gasteiger partial charge in [-0.1, -0.05) is 25.1 Å². The van der Waals surface area contributed by atoms with Gasteiger partial charge in [0.15, 0.2) is 0 Å². The van der Waals surface area contributed by atoms with Crippen LogP contribution in [0.5, 0.6) is 5.75 Å². The monoisotopic (exact) mass is 292 g/mol. The molecule has 0 aromatic heterocycles. The van der Waals surface area contributed by atoms with E-state index in [1.165, 1.54) is 0 Å². The van der Waals surface area contributed by atoms with Crippen molar-refractivity contribution in [1.82, 2.24) is 10.6 Å². The van der Waals surface area contributed by atoms with Crippen molar-refractivity contribution in [3.05, 3.63) is 29.8 Å². The number of aliphatic carboxylic acids is 1. The van der Waals surface area contributed by atoms with Crippen molar-refractivity contribution in [2.75, 3.05) is 13.1 Å². The Morgan fingerprint density at radius 3 is 2.81 bits per heavy atom. The first-order valence-electron chi connectivity index (χ1n) is 7.09. The van der Waals surface area contributed by atoms with Crippen LogP contribution < -0.4 is 15.4 Å². The Morgan fingerprint density at radius 2 is 2.14 bits per heavy atom. The number of hydrogen-bond acceptors (Lipinski definition) is 3. The number of hydrogen-bond donors (Lipinski definition) is 3. The second-order valence-corrected chi connectivity index (χ2v) is 5.09. The van der Waals surface area contributed by atoms with Crippen LogP contribution in [0.3, 0.4) is 0 Å². The smallest absolute Gasteiger partial charge is 0.314 e. The van der Waals surface area contributed by atoms with Crippen LogP contribution in [0.4, 0.5) is 4.79 Å². The van der Waals surface area contributed by atoms with E-state index in [1.807, 2.05) is 24.3 Å². The summed E-state index contributed by atoms with van der Waals surface area (Å²) < 4.78 is 5.71. The van der Waals surface area contributed by atoms with Gasteiger partial charge in [-0.25, -0.2) is 4.79 Å². The van der Waals surface area contributed by atoms with Gasteiger partial charge >= 0.3 is 12.0 Å². The lowest BCUT2D eigenvalue weighted by Crippen LogP contribution is -2.43. The average molecular weight is 292 g/mol. The maximum atomic E-state index is 11.6. The predicted octanol–water partition coefficient (Wildman–Crippen LogP) is 1.40. The van der Waals surface area contributed by atoms with Crippen LogP contribution >= 0.6 is 0 Å². The SMILES string of the molecule is CCC(CNC(=O)NCC1Cc2ccccc2O1)C(=O)O. The lowest BCUT2D eigenvalue weighted by molar-refractivity contribution is -0.141. The Bertz CT molecular complexity index is 493. The minimum atomic E-state index is -0.896. The van der Waals surface area contributed by atoms with Crippen molar-refractivity contribution in [2.45, 2.75) is 25.9 Å². The summed E-state index contributed by atoms with van der Waals surface area (Å²) in [6.07, 6.45) is 1.18.